The Labute approximate surface area is 180 Å². The number of carbonyl (C=O) groups excluding carboxylic acids is 2. The van der Waals surface area contributed by atoms with Crippen molar-refractivity contribution in [3.63, 3.8) is 0 Å². The fourth-order valence-corrected chi connectivity index (χ4v) is 4.17. The quantitative estimate of drug-likeness (QED) is 0.366. The van der Waals surface area contributed by atoms with Crippen molar-refractivity contribution >= 4 is 23.8 Å². The molecule has 0 radical (unpaired) electrons. The number of aromatic nitrogens is 2. The second kappa shape index (κ2) is 8.58. The van der Waals surface area contributed by atoms with Crippen LogP contribution in [-0.2, 0) is 11.3 Å². The molecular weight excluding hydrogens is 396 g/mol. The number of benzene rings is 1. The fourth-order valence-electron chi connectivity index (χ4n) is 4.17. The maximum atomic E-state index is 12.2. The van der Waals surface area contributed by atoms with Gasteiger partial charge in [0, 0.05) is 44.1 Å². The standard InChI is InChI=1S/C21H26N8O2/c22-18(23)28-20(31)27-11-14-2-1-3-15(10-14)16-12-25-19(26-13-16)29-8-5-21(6-9-29)4-7-24-17(21)30/h1-3,10,12-13H,4-9,11H2,(H,24,30)(H5,22,23,27,28,31). The highest BCUT2D eigenvalue weighted by atomic mass is 16.2. The van der Waals surface area contributed by atoms with E-state index in [1.807, 2.05) is 24.3 Å². The molecule has 0 saturated carbocycles. The summed E-state index contributed by atoms with van der Waals surface area (Å²) in [6.07, 6.45) is 6.17. The Hall–Kier alpha value is -3.69. The molecule has 2 saturated heterocycles. The first kappa shape index (κ1) is 20.6. The Bertz CT molecular complexity index is 983. The summed E-state index contributed by atoms with van der Waals surface area (Å²) in [5.41, 5.74) is 7.66. The smallest absolute Gasteiger partial charge is 0.321 e. The van der Waals surface area contributed by atoms with Gasteiger partial charge in [-0.1, -0.05) is 18.2 Å². The molecule has 0 aliphatic carbocycles. The van der Waals surface area contributed by atoms with E-state index in [0.29, 0.717) is 12.5 Å². The zero-order valence-corrected chi connectivity index (χ0v) is 17.1. The molecule has 0 bridgehead atoms. The summed E-state index contributed by atoms with van der Waals surface area (Å²) in [6, 6.07) is 7.19. The number of nitrogens with one attached hydrogen (secondary N) is 4. The summed E-state index contributed by atoms with van der Waals surface area (Å²) in [7, 11) is 0. The lowest BCUT2D eigenvalue weighted by Crippen LogP contribution is -2.44. The van der Waals surface area contributed by atoms with Crippen LogP contribution in [0.5, 0.6) is 0 Å². The van der Waals surface area contributed by atoms with Gasteiger partial charge in [-0.25, -0.2) is 14.8 Å². The molecule has 3 amide bonds. The van der Waals surface area contributed by atoms with Crippen LogP contribution >= 0.6 is 0 Å². The van der Waals surface area contributed by atoms with Gasteiger partial charge in [0.05, 0.1) is 5.41 Å². The molecule has 2 aliphatic rings. The maximum Gasteiger partial charge on any atom is 0.321 e. The monoisotopic (exact) mass is 422 g/mol. The normalized spacial score (nSPS) is 17.3. The highest BCUT2D eigenvalue weighted by Gasteiger charge is 2.44. The lowest BCUT2D eigenvalue weighted by Gasteiger charge is -2.37. The van der Waals surface area contributed by atoms with E-state index in [4.69, 9.17) is 11.1 Å². The SMILES string of the molecule is N=C(N)NC(=O)NCc1cccc(-c2cnc(N3CCC4(CCNC4=O)CC3)nc2)c1. The number of nitrogens with zero attached hydrogens (tertiary/aromatic N) is 3. The van der Waals surface area contributed by atoms with Gasteiger partial charge < -0.3 is 21.3 Å². The first-order chi connectivity index (χ1) is 14.9. The molecule has 1 aromatic carbocycles. The van der Waals surface area contributed by atoms with Crippen LogP contribution in [0.1, 0.15) is 24.8 Å². The van der Waals surface area contributed by atoms with Crippen molar-refractivity contribution in [2.24, 2.45) is 11.1 Å². The Morgan fingerprint density at radius 1 is 1.19 bits per heavy atom. The molecule has 0 unspecified atom stereocenters. The minimum absolute atomic E-state index is 0.191. The van der Waals surface area contributed by atoms with Crippen molar-refractivity contribution in [2.75, 3.05) is 24.5 Å². The molecule has 2 fully saturated rings. The minimum atomic E-state index is -0.524. The summed E-state index contributed by atoms with van der Waals surface area (Å²) in [4.78, 5) is 35.0. The molecule has 10 heteroatoms. The molecule has 1 spiro atoms. The summed E-state index contributed by atoms with van der Waals surface area (Å²) in [5.74, 6) is 0.464. The predicted molar refractivity (Wildman–Crippen MR) is 116 cm³/mol. The van der Waals surface area contributed by atoms with Gasteiger partial charge in [-0.3, -0.25) is 15.5 Å². The van der Waals surface area contributed by atoms with Gasteiger partial charge >= 0.3 is 6.03 Å². The highest BCUT2D eigenvalue weighted by molar-refractivity contribution is 5.93. The van der Waals surface area contributed by atoms with Crippen molar-refractivity contribution in [3.8, 4) is 11.1 Å². The van der Waals surface area contributed by atoms with Gasteiger partial charge in [0.25, 0.3) is 0 Å². The number of amides is 3. The van der Waals surface area contributed by atoms with E-state index in [0.717, 1.165) is 55.6 Å². The van der Waals surface area contributed by atoms with E-state index in [2.05, 4.69) is 30.8 Å². The van der Waals surface area contributed by atoms with E-state index >= 15 is 0 Å². The van der Waals surface area contributed by atoms with Crippen molar-refractivity contribution in [1.82, 2.24) is 25.9 Å². The van der Waals surface area contributed by atoms with Gasteiger partial charge in [0.15, 0.2) is 5.96 Å². The number of piperidine rings is 1. The Kier molecular flexibility index (Phi) is 5.70. The number of anilines is 1. The Morgan fingerprint density at radius 2 is 1.94 bits per heavy atom. The average molecular weight is 422 g/mol. The Morgan fingerprint density at radius 3 is 2.58 bits per heavy atom. The van der Waals surface area contributed by atoms with Crippen LogP contribution in [-0.4, -0.2) is 47.5 Å². The summed E-state index contributed by atoms with van der Waals surface area (Å²) in [6.45, 7) is 2.63. The summed E-state index contributed by atoms with van der Waals surface area (Å²) < 4.78 is 0. The fraction of sp³-hybridized carbons (Fsp3) is 0.381. The van der Waals surface area contributed by atoms with Crippen LogP contribution in [0.25, 0.3) is 11.1 Å². The largest absolute Gasteiger partial charge is 0.370 e. The van der Waals surface area contributed by atoms with Gasteiger partial charge in [0.2, 0.25) is 11.9 Å². The lowest BCUT2D eigenvalue weighted by atomic mass is 9.77. The number of urea groups is 1. The van der Waals surface area contributed by atoms with Crippen LogP contribution in [0.2, 0.25) is 0 Å². The van der Waals surface area contributed by atoms with E-state index < -0.39 is 12.0 Å². The predicted octanol–water partition coefficient (Wildman–Crippen LogP) is 0.943. The van der Waals surface area contributed by atoms with Crippen LogP contribution < -0.4 is 26.6 Å². The van der Waals surface area contributed by atoms with Crippen molar-refractivity contribution in [2.45, 2.75) is 25.8 Å². The number of nitrogens with two attached hydrogens (primary N) is 1. The number of rotatable bonds is 4. The number of hydrogen-bond acceptors (Lipinski definition) is 6. The number of hydrogen-bond donors (Lipinski definition) is 5. The van der Waals surface area contributed by atoms with Crippen LogP contribution in [0.4, 0.5) is 10.7 Å². The molecule has 2 aromatic rings. The van der Waals surface area contributed by atoms with E-state index in [1.165, 1.54) is 0 Å². The first-order valence-electron chi connectivity index (χ1n) is 10.3. The second-order valence-electron chi connectivity index (χ2n) is 7.97. The Balaban J connectivity index is 1.38. The topological polar surface area (TPSA) is 149 Å². The van der Waals surface area contributed by atoms with Crippen LogP contribution in [0.15, 0.2) is 36.7 Å². The molecular formula is C21H26N8O2. The minimum Gasteiger partial charge on any atom is -0.370 e. The molecule has 1 aromatic heterocycles. The van der Waals surface area contributed by atoms with Crippen LogP contribution in [0, 0.1) is 10.8 Å². The molecule has 10 nitrogen and oxygen atoms in total. The van der Waals surface area contributed by atoms with Crippen molar-refractivity contribution in [3.05, 3.63) is 42.2 Å². The molecule has 6 N–H and O–H groups in total. The first-order valence-corrected chi connectivity index (χ1v) is 10.3. The average Bonchev–Trinajstić information content (AvgIpc) is 3.12. The molecule has 2 aliphatic heterocycles. The molecule has 4 rings (SSSR count). The van der Waals surface area contributed by atoms with Gasteiger partial charge in [0.1, 0.15) is 0 Å². The molecule has 162 valence electrons. The van der Waals surface area contributed by atoms with Crippen molar-refractivity contribution in [1.29, 1.82) is 5.41 Å². The zero-order chi connectivity index (χ0) is 21.8. The van der Waals surface area contributed by atoms with Crippen LogP contribution in [0.3, 0.4) is 0 Å². The van der Waals surface area contributed by atoms with E-state index in [1.54, 1.807) is 12.4 Å². The van der Waals surface area contributed by atoms with Gasteiger partial charge in [-0.15, -0.1) is 0 Å². The number of guanidine groups is 1. The summed E-state index contributed by atoms with van der Waals surface area (Å²) >= 11 is 0. The van der Waals surface area contributed by atoms with E-state index in [-0.39, 0.29) is 11.3 Å². The van der Waals surface area contributed by atoms with Gasteiger partial charge in [-0.05, 0) is 36.5 Å². The third kappa shape index (κ3) is 4.57. The highest BCUT2D eigenvalue weighted by Crippen LogP contribution is 2.38. The van der Waals surface area contributed by atoms with Gasteiger partial charge in [-0.2, -0.15) is 0 Å². The molecule has 0 atom stereocenters. The lowest BCUT2D eigenvalue weighted by molar-refractivity contribution is -0.128. The summed E-state index contributed by atoms with van der Waals surface area (Å²) in [5, 5.41) is 14.9. The second-order valence-corrected chi connectivity index (χ2v) is 7.97. The third-order valence-electron chi connectivity index (χ3n) is 5.97. The van der Waals surface area contributed by atoms with E-state index in [9.17, 15) is 9.59 Å². The van der Waals surface area contributed by atoms with Crippen molar-refractivity contribution < 1.29 is 9.59 Å². The molecule has 31 heavy (non-hydrogen) atoms. The zero-order valence-electron chi connectivity index (χ0n) is 17.1. The third-order valence-corrected chi connectivity index (χ3v) is 5.97. The number of carbonyl (C=O) groups is 2. The maximum absolute atomic E-state index is 12.2. The molecule has 3 heterocycles.